The predicted molar refractivity (Wildman–Crippen MR) is 71.7 cm³/mol. The second-order valence-corrected chi connectivity index (χ2v) is 5.69. The van der Waals surface area contributed by atoms with Gasteiger partial charge in [-0.25, -0.2) is 9.97 Å². The molecule has 1 heterocycles. The second-order valence-electron chi connectivity index (χ2n) is 5.30. The van der Waals surface area contributed by atoms with Crippen molar-refractivity contribution in [2.45, 2.75) is 38.8 Å². The van der Waals surface area contributed by atoms with Crippen LogP contribution >= 0.6 is 11.6 Å². The Bertz CT molecular complexity index is 465. The smallest absolute Gasteiger partial charge is 0.370 e. The minimum absolute atomic E-state index is 0.134. The molecule has 1 aromatic rings. The van der Waals surface area contributed by atoms with Crippen molar-refractivity contribution in [2.75, 3.05) is 11.9 Å². The molecule has 0 radical (unpaired) electrons. The van der Waals surface area contributed by atoms with Gasteiger partial charge in [-0.3, -0.25) is 0 Å². The molecule has 0 saturated heterocycles. The number of nitrogens with one attached hydrogen (secondary N) is 1. The summed E-state index contributed by atoms with van der Waals surface area (Å²) in [4.78, 5) is 6.69. The molecule has 2 atom stereocenters. The molecule has 0 amide bonds. The molecular formula is C13H17ClF3N3. The van der Waals surface area contributed by atoms with E-state index in [1.54, 1.807) is 0 Å². The minimum atomic E-state index is -4.58. The van der Waals surface area contributed by atoms with Crippen molar-refractivity contribution < 1.29 is 13.2 Å². The van der Waals surface area contributed by atoms with Crippen molar-refractivity contribution in [3.05, 3.63) is 17.0 Å². The van der Waals surface area contributed by atoms with Crippen LogP contribution in [0.5, 0.6) is 0 Å². The van der Waals surface area contributed by atoms with Crippen LogP contribution in [-0.2, 0) is 6.18 Å². The topological polar surface area (TPSA) is 37.8 Å². The Morgan fingerprint density at radius 3 is 2.65 bits per heavy atom. The Labute approximate surface area is 120 Å². The van der Waals surface area contributed by atoms with Gasteiger partial charge in [0.05, 0.1) is 0 Å². The molecule has 0 aliphatic heterocycles. The normalized spacial score (nSPS) is 23.6. The van der Waals surface area contributed by atoms with Gasteiger partial charge in [-0.05, 0) is 18.3 Å². The van der Waals surface area contributed by atoms with E-state index >= 15 is 0 Å². The van der Waals surface area contributed by atoms with Crippen LogP contribution in [0.2, 0.25) is 5.15 Å². The van der Waals surface area contributed by atoms with Gasteiger partial charge in [0, 0.05) is 12.6 Å². The lowest BCUT2D eigenvalue weighted by Crippen LogP contribution is -2.25. The highest BCUT2D eigenvalue weighted by Crippen LogP contribution is 2.31. The molecule has 0 bridgehead atoms. The first-order valence-corrected chi connectivity index (χ1v) is 7.09. The lowest BCUT2D eigenvalue weighted by molar-refractivity contribution is -0.144. The van der Waals surface area contributed by atoms with Crippen LogP contribution in [0.1, 0.15) is 38.4 Å². The molecule has 2 rings (SSSR count). The lowest BCUT2D eigenvalue weighted by Gasteiger charge is -2.29. The van der Waals surface area contributed by atoms with E-state index in [0.29, 0.717) is 18.4 Å². The fraction of sp³-hybridized carbons (Fsp3) is 0.692. The van der Waals surface area contributed by atoms with Crippen molar-refractivity contribution in [2.24, 2.45) is 11.8 Å². The number of rotatable bonds is 3. The van der Waals surface area contributed by atoms with Crippen LogP contribution in [-0.4, -0.2) is 16.5 Å². The third kappa shape index (κ3) is 3.98. The summed E-state index contributed by atoms with van der Waals surface area (Å²) in [5.41, 5.74) is 0. The molecule has 1 fully saturated rings. The molecule has 2 unspecified atom stereocenters. The number of anilines is 1. The Kier molecular flexibility index (Phi) is 4.73. The maximum atomic E-state index is 12.6. The summed E-state index contributed by atoms with van der Waals surface area (Å²) >= 11 is 5.62. The first-order chi connectivity index (χ1) is 9.36. The fourth-order valence-corrected chi connectivity index (χ4v) is 2.75. The van der Waals surface area contributed by atoms with Crippen LogP contribution in [0.4, 0.5) is 19.0 Å². The van der Waals surface area contributed by atoms with Gasteiger partial charge in [0.2, 0.25) is 5.82 Å². The Morgan fingerprint density at radius 2 is 2.00 bits per heavy atom. The van der Waals surface area contributed by atoms with E-state index in [-0.39, 0.29) is 11.0 Å². The van der Waals surface area contributed by atoms with E-state index in [4.69, 9.17) is 11.6 Å². The predicted octanol–water partition coefficient (Wildman–Crippen LogP) is 4.39. The standard InChI is InChI=1S/C13H17ClF3N3/c1-8-4-2-3-5-9(8)7-18-11-6-10(14)19-12(20-11)13(15,16)17/h6,8-9H,2-5,7H2,1H3,(H,18,19,20). The van der Waals surface area contributed by atoms with Gasteiger partial charge in [-0.1, -0.05) is 37.8 Å². The van der Waals surface area contributed by atoms with Crippen molar-refractivity contribution in [1.82, 2.24) is 9.97 Å². The van der Waals surface area contributed by atoms with Crippen LogP contribution in [0.3, 0.4) is 0 Å². The highest BCUT2D eigenvalue weighted by atomic mass is 35.5. The van der Waals surface area contributed by atoms with E-state index in [1.165, 1.54) is 25.3 Å². The average Bonchev–Trinajstić information content (AvgIpc) is 2.36. The highest BCUT2D eigenvalue weighted by Gasteiger charge is 2.35. The molecule has 0 aromatic carbocycles. The number of aromatic nitrogens is 2. The van der Waals surface area contributed by atoms with Gasteiger partial charge in [0.15, 0.2) is 0 Å². The van der Waals surface area contributed by atoms with Crippen LogP contribution in [0, 0.1) is 11.8 Å². The van der Waals surface area contributed by atoms with Crippen LogP contribution in [0.15, 0.2) is 6.07 Å². The molecule has 1 aliphatic carbocycles. The third-order valence-electron chi connectivity index (χ3n) is 3.78. The van der Waals surface area contributed by atoms with Crippen molar-refractivity contribution in [3.8, 4) is 0 Å². The van der Waals surface area contributed by atoms with E-state index in [1.807, 2.05) is 0 Å². The average molecular weight is 308 g/mol. The van der Waals surface area contributed by atoms with Gasteiger partial charge < -0.3 is 5.32 Å². The Morgan fingerprint density at radius 1 is 1.30 bits per heavy atom. The molecule has 1 aliphatic rings. The van der Waals surface area contributed by atoms with Gasteiger partial charge in [-0.15, -0.1) is 0 Å². The summed E-state index contributed by atoms with van der Waals surface area (Å²) in [6.45, 7) is 2.80. The molecule has 1 N–H and O–H groups in total. The zero-order valence-corrected chi connectivity index (χ0v) is 11.9. The van der Waals surface area contributed by atoms with Crippen molar-refractivity contribution in [3.63, 3.8) is 0 Å². The van der Waals surface area contributed by atoms with Crippen LogP contribution < -0.4 is 5.32 Å². The number of alkyl halides is 3. The molecular weight excluding hydrogens is 291 g/mol. The summed E-state index contributed by atoms with van der Waals surface area (Å²) < 4.78 is 37.8. The largest absolute Gasteiger partial charge is 0.451 e. The first kappa shape index (κ1) is 15.4. The molecule has 0 spiro atoms. The quantitative estimate of drug-likeness (QED) is 0.842. The van der Waals surface area contributed by atoms with E-state index in [0.717, 1.165) is 6.42 Å². The fourth-order valence-electron chi connectivity index (χ4n) is 2.57. The highest BCUT2D eigenvalue weighted by molar-refractivity contribution is 6.29. The Balaban J connectivity index is 2.04. The van der Waals surface area contributed by atoms with Gasteiger partial charge >= 0.3 is 6.18 Å². The van der Waals surface area contributed by atoms with Crippen molar-refractivity contribution >= 4 is 17.4 Å². The summed E-state index contributed by atoms with van der Waals surface area (Å²) in [7, 11) is 0. The number of hydrogen-bond donors (Lipinski definition) is 1. The van der Waals surface area contributed by atoms with Crippen molar-refractivity contribution in [1.29, 1.82) is 0 Å². The molecule has 1 aromatic heterocycles. The maximum Gasteiger partial charge on any atom is 0.451 e. The minimum Gasteiger partial charge on any atom is -0.370 e. The van der Waals surface area contributed by atoms with Gasteiger partial charge in [0.1, 0.15) is 11.0 Å². The monoisotopic (exact) mass is 307 g/mol. The van der Waals surface area contributed by atoms with E-state index in [2.05, 4.69) is 22.2 Å². The summed E-state index contributed by atoms with van der Waals surface area (Å²) in [5, 5.41) is 2.76. The van der Waals surface area contributed by atoms with Gasteiger partial charge in [0.25, 0.3) is 0 Å². The first-order valence-electron chi connectivity index (χ1n) is 6.72. The van der Waals surface area contributed by atoms with Gasteiger partial charge in [-0.2, -0.15) is 13.2 Å². The molecule has 1 saturated carbocycles. The van der Waals surface area contributed by atoms with Crippen LogP contribution in [0.25, 0.3) is 0 Å². The molecule has 7 heteroatoms. The molecule has 112 valence electrons. The maximum absolute atomic E-state index is 12.6. The number of halogens is 4. The third-order valence-corrected chi connectivity index (χ3v) is 3.98. The lowest BCUT2D eigenvalue weighted by atomic mass is 9.80. The zero-order valence-electron chi connectivity index (χ0n) is 11.2. The van der Waals surface area contributed by atoms with E-state index in [9.17, 15) is 13.2 Å². The zero-order chi connectivity index (χ0) is 14.8. The summed E-state index contributed by atoms with van der Waals surface area (Å²) in [6.07, 6.45) is 0.0908. The summed E-state index contributed by atoms with van der Waals surface area (Å²) in [5.74, 6) is -0.0261. The number of hydrogen-bond acceptors (Lipinski definition) is 3. The van der Waals surface area contributed by atoms with E-state index < -0.39 is 12.0 Å². The molecule has 3 nitrogen and oxygen atoms in total. The second kappa shape index (κ2) is 6.16. The molecule has 20 heavy (non-hydrogen) atoms. The summed E-state index contributed by atoms with van der Waals surface area (Å²) in [6, 6.07) is 1.32. The SMILES string of the molecule is CC1CCCCC1CNc1cc(Cl)nc(C(F)(F)F)n1. The Hall–Kier alpha value is -1.04. The number of nitrogens with zero attached hydrogens (tertiary/aromatic N) is 2.